The number of primary amides is 1. The van der Waals surface area contributed by atoms with Gasteiger partial charge in [0.05, 0.1) is 13.2 Å². The van der Waals surface area contributed by atoms with Crippen LogP contribution in [0.3, 0.4) is 0 Å². The molecule has 0 aromatic rings. The van der Waals surface area contributed by atoms with Crippen molar-refractivity contribution in [2.75, 3.05) is 39.4 Å². The van der Waals surface area contributed by atoms with Gasteiger partial charge < -0.3 is 15.4 Å². The van der Waals surface area contributed by atoms with Crippen molar-refractivity contribution in [3.8, 4) is 0 Å². The molecule has 1 aliphatic rings. The number of hydrogen-bond donors (Lipinski definition) is 1. The molecule has 1 radical (unpaired) electrons. The van der Waals surface area contributed by atoms with Gasteiger partial charge in [0, 0.05) is 26.2 Å². The number of nitrogens with zero attached hydrogens (tertiary/aromatic N) is 2. The first-order valence-electron chi connectivity index (χ1n) is 6.30. The molecule has 0 saturated carbocycles. The van der Waals surface area contributed by atoms with Gasteiger partial charge in [0.15, 0.2) is 0 Å². The van der Waals surface area contributed by atoms with E-state index < -0.39 is 12.1 Å². The Morgan fingerprint density at radius 3 is 2.50 bits per heavy atom. The van der Waals surface area contributed by atoms with Crippen LogP contribution >= 0.6 is 0 Å². The number of hydrogen-bond acceptors (Lipinski definition) is 4. The maximum absolute atomic E-state index is 11.4. The van der Waals surface area contributed by atoms with Gasteiger partial charge in [0.1, 0.15) is 6.04 Å². The Bertz CT molecular complexity index is 278. The van der Waals surface area contributed by atoms with E-state index in [1.807, 2.05) is 20.1 Å². The van der Waals surface area contributed by atoms with Gasteiger partial charge in [0.2, 0.25) is 6.29 Å². The molecule has 1 fully saturated rings. The van der Waals surface area contributed by atoms with Crippen molar-refractivity contribution in [2.45, 2.75) is 19.9 Å². The van der Waals surface area contributed by atoms with Gasteiger partial charge in [-0.15, -0.1) is 0 Å². The molecule has 0 aliphatic carbocycles. The predicted molar refractivity (Wildman–Crippen MR) is 67.9 cm³/mol. The van der Waals surface area contributed by atoms with Crippen molar-refractivity contribution >= 4 is 12.3 Å². The second-order valence-electron chi connectivity index (χ2n) is 4.79. The minimum Gasteiger partial charge on any atom is -0.379 e. The van der Waals surface area contributed by atoms with E-state index >= 15 is 0 Å². The number of amides is 2. The van der Waals surface area contributed by atoms with Crippen LogP contribution in [0.25, 0.3) is 0 Å². The molecular formula is C12H22N3O3. The van der Waals surface area contributed by atoms with E-state index in [0.717, 1.165) is 13.1 Å². The van der Waals surface area contributed by atoms with Gasteiger partial charge in [-0.25, -0.2) is 4.79 Å². The van der Waals surface area contributed by atoms with Crippen molar-refractivity contribution in [3.63, 3.8) is 0 Å². The minimum absolute atomic E-state index is 0.0136. The standard InChI is InChI=1S/C12H22N3O3/c1-10(2)11(9-16)15(12(13)17)4-3-14-5-7-18-8-6-14/h10-11H,3-8H2,1-2H3,(H2,13,17)/t11-/m1/s1. The van der Waals surface area contributed by atoms with Gasteiger partial charge in [0.25, 0.3) is 0 Å². The summed E-state index contributed by atoms with van der Waals surface area (Å²) < 4.78 is 5.25. The minimum atomic E-state index is -0.566. The molecule has 6 heteroatoms. The summed E-state index contributed by atoms with van der Waals surface area (Å²) in [7, 11) is 0. The fourth-order valence-corrected chi connectivity index (χ4v) is 2.02. The largest absolute Gasteiger partial charge is 0.379 e. The van der Waals surface area contributed by atoms with E-state index in [-0.39, 0.29) is 5.92 Å². The van der Waals surface area contributed by atoms with Gasteiger partial charge in [-0.1, -0.05) is 13.8 Å². The molecule has 0 spiro atoms. The fourth-order valence-electron chi connectivity index (χ4n) is 2.02. The third-order valence-electron chi connectivity index (χ3n) is 3.13. The van der Waals surface area contributed by atoms with Crippen molar-refractivity contribution in [1.82, 2.24) is 9.80 Å². The SMILES string of the molecule is CC(C)[C@@H]([C]=O)N(CCN1CCOCC1)C(N)=O. The normalized spacial score (nSPS) is 18.6. The van der Waals surface area contributed by atoms with Gasteiger partial charge in [-0.2, -0.15) is 0 Å². The van der Waals surface area contributed by atoms with Crippen LogP contribution in [-0.2, 0) is 9.53 Å². The Morgan fingerprint density at radius 2 is 2.06 bits per heavy atom. The monoisotopic (exact) mass is 256 g/mol. The molecule has 1 rings (SSSR count). The third-order valence-corrected chi connectivity index (χ3v) is 3.13. The van der Waals surface area contributed by atoms with Crippen LogP contribution in [0, 0.1) is 5.92 Å². The summed E-state index contributed by atoms with van der Waals surface area (Å²) >= 11 is 0. The Hall–Kier alpha value is -1.14. The Kier molecular flexibility index (Phi) is 6.07. The first-order chi connectivity index (χ1) is 8.56. The van der Waals surface area contributed by atoms with E-state index in [1.54, 1.807) is 0 Å². The molecule has 0 unspecified atom stereocenters. The summed E-state index contributed by atoms with van der Waals surface area (Å²) in [5, 5.41) is 0. The summed E-state index contributed by atoms with van der Waals surface area (Å²) in [6.07, 6.45) is 1.90. The second-order valence-corrected chi connectivity index (χ2v) is 4.79. The first-order valence-corrected chi connectivity index (χ1v) is 6.30. The van der Waals surface area contributed by atoms with Crippen LogP contribution in [0.15, 0.2) is 0 Å². The summed E-state index contributed by atoms with van der Waals surface area (Å²) in [5.74, 6) is 0.0136. The molecule has 6 nitrogen and oxygen atoms in total. The Morgan fingerprint density at radius 1 is 1.44 bits per heavy atom. The van der Waals surface area contributed by atoms with E-state index in [4.69, 9.17) is 10.5 Å². The van der Waals surface area contributed by atoms with E-state index in [9.17, 15) is 9.59 Å². The van der Waals surface area contributed by atoms with Crippen molar-refractivity contribution < 1.29 is 14.3 Å². The number of morpholine rings is 1. The lowest BCUT2D eigenvalue weighted by Crippen LogP contribution is -2.51. The molecular weight excluding hydrogens is 234 g/mol. The molecule has 1 aliphatic heterocycles. The molecule has 2 N–H and O–H groups in total. The quantitative estimate of drug-likeness (QED) is 0.716. The van der Waals surface area contributed by atoms with E-state index in [1.165, 1.54) is 4.90 Å². The van der Waals surface area contributed by atoms with Crippen LogP contribution < -0.4 is 5.73 Å². The van der Waals surface area contributed by atoms with Crippen LogP contribution in [0.5, 0.6) is 0 Å². The van der Waals surface area contributed by atoms with Crippen LogP contribution in [0.4, 0.5) is 4.79 Å². The second kappa shape index (κ2) is 7.33. The molecule has 0 bridgehead atoms. The predicted octanol–water partition coefficient (Wildman–Crippen LogP) is -0.166. The Labute approximate surface area is 108 Å². The zero-order chi connectivity index (χ0) is 13.5. The zero-order valence-electron chi connectivity index (χ0n) is 11.1. The van der Waals surface area contributed by atoms with E-state index in [2.05, 4.69) is 4.90 Å². The number of carbonyl (C=O) groups excluding carboxylic acids is 2. The lowest BCUT2D eigenvalue weighted by atomic mass is 10.0. The Balaban J connectivity index is 2.51. The molecule has 2 amide bonds. The molecule has 18 heavy (non-hydrogen) atoms. The molecule has 0 aromatic carbocycles. The average molecular weight is 256 g/mol. The highest BCUT2D eigenvalue weighted by atomic mass is 16.5. The highest BCUT2D eigenvalue weighted by Gasteiger charge is 2.25. The molecule has 1 atom stereocenters. The topological polar surface area (TPSA) is 75.9 Å². The molecule has 0 aromatic heterocycles. The first kappa shape index (κ1) is 14.9. The van der Waals surface area contributed by atoms with Gasteiger partial charge in [-0.05, 0) is 5.92 Å². The molecule has 1 saturated heterocycles. The summed E-state index contributed by atoms with van der Waals surface area (Å²) in [6, 6.07) is -1.13. The number of ether oxygens (including phenoxy) is 1. The van der Waals surface area contributed by atoms with Crippen molar-refractivity contribution in [1.29, 1.82) is 0 Å². The van der Waals surface area contributed by atoms with E-state index in [0.29, 0.717) is 26.3 Å². The smallest absolute Gasteiger partial charge is 0.315 e. The number of nitrogens with two attached hydrogens (primary N) is 1. The fraction of sp³-hybridized carbons (Fsp3) is 0.833. The highest BCUT2D eigenvalue weighted by molar-refractivity contribution is 5.76. The van der Waals surface area contributed by atoms with Crippen molar-refractivity contribution in [3.05, 3.63) is 0 Å². The highest BCUT2D eigenvalue weighted by Crippen LogP contribution is 2.09. The maximum atomic E-state index is 11.4. The lowest BCUT2D eigenvalue weighted by molar-refractivity contribution is 0.0338. The molecule has 1 heterocycles. The number of carbonyl (C=O) groups is 1. The van der Waals surface area contributed by atoms with Crippen molar-refractivity contribution in [2.24, 2.45) is 11.7 Å². The zero-order valence-corrected chi connectivity index (χ0v) is 11.1. The van der Waals surface area contributed by atoms with Gasteiger partial charge >= 0.3 is 6.03 Å². The summed E-state index contributed by atoms with van der Waals surface area (Å²) in [5.41, 5.74) is 5.33. The van der Waals surface area contributed by atoms with Crippen LogP contribution in [-0.4, -0.2) is 67.6 Å². The number of urea groups is 1. The summed E-state index contributed by atoms with van der Waals surface area (Å²) in [4.78, 5) is 25.9. The third kappa shape index (κ3) is 4.27. The van der Waals surface area contributed by atoms with Crippen LogP contribution in [0.2, 0.25) is 0 Å². The molecule has 103 valence electrons. The average Bonchev–Trinajstić information content (AvgIpc) is 2.34. The lowest BCUT2D eigenvalue weighted by Gasteiger charge is -2.32. The number of rotatable bonds is 6. The van der Waals surface area contributed by atoms with Gasteiger partial charge in [-0.3, -0.25) is 9.69 Å². The summed E-state index contributed by atoms with van der Waals surface area (Å²) in [6.45, 7) is 8.03. The maximum Gasteiger partial charge on any atom is 0.315 e. The van der Waals surface area contributed by atoms with Crippen LogP contribution in [0.1, 0.15) is 13.8 Å².